The molecular formula is C22H33N3O3S. The SMILES string of the molecule is CCN(CC)S(=O)(=O)c1ccc(N2CCCCC2)c(NC(=O)C2CC=CCC2)c1. The van der Waals surface area contributed by atoms with E-state index in [1.54, 1.807) is 12.1 Å². The second-order valence-electron chi connectivity index (χ2n) is 7.79. The van der Waals surface area contributed by atoms with Gasteiger partial charge in [-0.3, -0.25) is 4.79 Å². The molecule has 0 saturated carbocycles. The van der Waals surface area contributed by atoms with Crippen molar-refractivity contribution in [3.05, 3.63) is 30.4 Å². The van der Waals surface area contributed by atoms with Gasteiger partial charge in [0, 0.05) is 32.1 Å². The molecule has 0 radical (unpaired) electrons. The van der Waals surface area contributed by atoms with Crippen LogP contribution in [0.5, 0.6) is 0 Å². The minimum absolute atomic E-state index is 0.0232. The van der Waals surface area contributed by atoms with Gasteiger partial charge in [-0.15, -0.1) is 0 Å². The molecule has 2 aliphatic rings. The fourth-order valence-electron chi connectivity index (χ4n) is 4.17. The summed E-state index contributed by atoms with van der Waals surface area (Å²) in [6.07, 6.45) is 10.1. The molecule has 0 aromatic heterocycles. The van der Waals surface area contributed by atoms with Crippen molar-refractivity contribution in [3.63, 3.8) is 0 Å². The van der Waals surface area contributed by atoms with Crippen molar-refractivity contribution < 1.29 is 13.2 Å². The van der Waals surface area contributed by atoms with E-state index < -0.39 is 10.0 Å². The summed E-state index contributed by atoms with van der Waals surface area (Å²) < 4.78 is 27.5. The van der Waals surface area contributed by atoms with Gasteiger partial charge in [0.1, 0.15) is 0 Å². The van der Waals surface area contributed by atoms with Gasteiger partial charge < -0.3 is 10.2 Å². The first-order valence-corrected chi connectivity index (χ1v) is 12.3. The fraction of sp³-hybridized carbons (Fsp3) is 0.591. The molecular weight excluding hydrogens is 386 g/mol. The summed E-state index contributed by atoms with van der Waals surface area (Å²) >= 11 is 0. The molecule has 1 amide bonds. The number of sulfonamides is 1. The average Bonchev–Trinajstić information content (AvgIpc) is 2.75. The van der Waals surface area contributed by atoms with Gasteiger partial charge in [0.15, 0.2) is 0 Å². The Morgan fingerprint density at radius 3 is 2.48 bits per heavy atom. The van der Waals surface area contributed by atoms with Gasteiger partial charge in [0.25, 0.3) is 0 Å². The molecule has 1 aromatic carbocycles. The lowest BCUT2D eigenvalue weighted by Crippen LogP contribution is -2.32. The van der Waals surface area contributed by atoms with Crippen molar-refractivity contribution in [2.45, 2.75) is 57.3 Å². The summed E-state index contributed by atoms with van der Waals surface area (Å²) in [4.78, 5) is 15.4. The molecule has 1 saturated heterocycles. The highest BCUT2D eigenvalue weighted by Crippen LogP contribution is 2.33. The van der Waals surface area contributed by atoms with Crippen molar-refractivity contribution in [1.82, 2.24) is 4.31 Å². The van der Waals surface area contributed by atoms with Gasteiger partial charge in [0.2, 0.25) is 15.9 Å². The number of amides is 1. The Morgan fingerprint density at radius 1 is 1.14 bits per heavy atom. The molecule has 1 aliphatic heterocycles. The van der Waals surface area contributed by atoms with Gasteiger partial charge in [-0.05, 0) is 56.7 Å². The van der Waals surface area contributed by atoms with E-state index in [2.05, 4.69) is 22.4 Å². The molecule has 1 heterocycles. The van der Waals surface area contributed by atoms with Crippen LogP contribution in [0.15, 0.2) is 35.2 Å². The van der Waals surface area contributed by atoms with E-state index in [1.807, 2.05) is 19.9 Å². The molecule has 0 spiro atoms. The van der Waals surface area contributed by atoms with Crippen molar-refractivity contribution in [3.8, 4) is 0 Å². The molecule has 1 unspecified atom stereocenters. The summed E-state index contributed by atoms with van der Waals surface area (Å²) in [6, 6.07) is 5.18. The molecule has 0 bridgehead atoms. The van der Waals surface area contributed by atoms with E-state index in [0.29, 0.717) is 18.8 Å². The van der Waals surface area contributed by atoms with Crippen LogP contribution in [0.25, 0.3) is 0 Å². The first-order valence-electron chi connectivity index (χ1n) is 10.8. The van der Waals surface area contributed by atoms with Gasteiger partial charge >= 0.3 is 0 Å². The van der Waals surface area contributed by atoms with Crippen LogP contribution in [0.2, 0.25) is 0 Å². The second kappa shape index (κ2) is 9.76. The quantitative estimate of drug-likeness (QED) is 0.678. The molecule has 1 aromatic rings. The van der Waals surface area contributed by atoms with Crippen molar-refractivity contribution in [2.75, 3.05) is 36.4 Å². The first-order chi connectivity index (χ1) is 14.0. The minimum Gasteiger partial charge on any atom is -0.370 e. The van der Waals surface area contributed by atoms with Gasteiger partial charge in [-0.25, -0.2) is 8.42 Å². The van der Waals surface area contributed by atoms with E-state index in [-0.39, 0.29) is 16.7 Å². The fourth-order valence-corrected chi connectivity index (χ4v) is 5.65. The molecule has 3 rings (SSSR count). The molecule has 7 heteroatoms. The largest absolute Gasteiger partial charge is 0.370 e. The van der Waals surface area contributed by atoms with Gasteiger partial charge in [-0.2, -0.15) is 4.31 Å². The second-order valence-corrected chi connectivity index (χ2v) is 9.72. The van der Waals surface area contributed by atoms with Gasteiger partial charge in [-0.1, -0.05) is 26.0 Å². The predicted molar refractivity (Wildman–Crippen MR) is 118 cm³/mol. The average molecular weight is 420 g/mol. The summed E-state index contributed by atoms with van der Waals surface area (Å²) in [5, 5.41) is 3.07. The Hall–Kier alpha value is -1.86. The van der Waals surface area contributed by atoms with Crippen LogP contribution in [0, 0.1) is 5.92 Å². The summed E-state index contributed by atoms with van der Waals surface area (Å²) in [6.45, 7) is 6.37. The van der Waals surface area contributed by atoms with Crippen molar-refractivity contribution in [1.29, 1.82) is 0 Å². The van der Waals surface area contributed by atoms with E-state index in [1.165, 1.54) is 10.7 Å². The molecule has 6 nitrogen and oxygen atoms in total. The predicted octanol–water partition coefficient (Wildman–Crippen LogP) is 4.00. The highest BCUT2D eigenvalue weighted by molar-refractivity contribution is 7.89. The number of hydrogen-bond acceptors (Lipinski definition) is 4. The number of allylic oxidation sites excluding steroid dienone is 2. The monoisotopic (exact) mass is 419 g/mol. The standard InChI is InChI=1S/C22H33N3O3S/c1-3-25(4-2)29(27,28)19-13-14-21(24-15-9-6-10-16-24)20(17-19)23-22(26)18-11-7-5-8-12-18/h5,7,13-14,17-18H,3-4,6,8-12,15-16H2,1-2H3,(H,23,26). The number of hydrogen-bond donors (Lipinski definition) is 1. The van der Waals surface area contributed by atoms with E-state index >= 15 is 0 Å². The highest BCUT2D eigenvalue weighted by atomic mass is 32.2. The highest BCUT2D eigenvalue weighted by Gasteiger charge is 2.26. The third kappa shape index (κ3) is 5.01. The maximum Gasteiger partial charge on any atom is 0.243 e. The Morgan fingerprint density at radius 2 is 1.86 bits per heavy atom. The van der Waals surface area contributed by atoms with Crippen molar-refractivity contribution in [2.24, 2.45) is 5.92 Å². The summed E-state index contributed by atoms with van der Waals surface area (Å²) in [5.74, 6) is -0.0813. The van der Waals surface area contributed by atoms with Crippen molar-refractivity contribution >= 4 is 27.3 Å². The Kier molecular flexibility index (Phi) is 7.35. The normalized spacial score (nSPS) is 20.1. The van der Waals surface area contributed by atoms with Crippen LogP contribution in [0.4, 0.5) is 11.4 Å². The number of piperidine rings is 1. The number of anilines is 2. The third-order valence-corrected chi connectivity index (χ3v) is 7.95. The summed E-state index contributed by atoms with van der Waals surface area (Å²) in [7, 11) is -3.58. The van der Waals surface area contributed by atoms with Crippen LogP contribution < -0.4 is 10.2 Å². The Labute approximate surface area is 175 Å². The van der Waals surface area contributed by atoms with E-state index in [0.717, 1.165) is 50.9 Å². The van der Waals surface area contributed by atoms with Crippen LogP contribution >= 0.6 is 0 Å². The molecule has 1 aliphatic carbocycles. The number of nitrogens with zero attached hydrogens (tertiary/aromatic N) is 2. The molecule has 1 atom stereocenters. The zero-order valence-electron chi connectivity index (χ0n) is 17.6. The topological polar surface area (TPSA) is 69.7 Å². The molecule has 1 fully saturated rings. The lowest BCUT2D eigenvalue weighted by Gasteiger charge is -2.31. The Bertz CT molecular complexity index is 841. The maximum atomic E-state index is 13.0. The third-order valence-electron chi connectivity index (χ3n) is 5.91. The van der Waals surface area contributed by atoms with Crippen LogP contribution in [-0.4, -0.2) is 44.8 Å². The molecule has 160 valence electrons. The minimum atomic E-state index is -3.58. The molecule has 1 N–H and O–H groups in total. The molecule has 29 heavy (non-hydrogen) atoms. The number of nitrogens with one attached hydrogen (secondary N) is 1. The number of carbonyl (C=O) groups is 1. The Balaban J connectivity index is 1.94. The lowest BCUT2D eigenvalue weighted by atomic mass is 9.93. The van der Waals surface area contributed by atoms with E-state index in [4.69, 9.17) is 0 Å². The number of rotatable bonds is 7. The maximum absolute atomic E-state index is 13.0. The van der Waals surface area contributed by atoms with Crippen LogP contribution in [0.3, 0.4) is 0 Å². The van der Waals surface area contributed by atoms with Gasteiger partial charge in [0.05, 0.1) is 16.3 Å². The van der Waals surface area contributed by atoms with E-state index in [9.17, 15) is 13.2 Å². The smallest absolute Gasteiger partial charge is 0.243 e. The summed E-state index contributed by atoms with van der Waals surface area (Å²) in [5.41, 5.74) is 1.53. The lowest BCUT2D eigenvalue weighted by molar-refractivity contribution is -0.120. The zero-order chi connectivity index (χ0) is 20.9. The van der Waals surface area contributed by atoms with Crippen LogP contribution in [0.1, 0.15) is 52.4 Å². The first kappa shape index (κ1) is 21.8. The number of carbonyl (C=O) groups excluding carboxylic acids is 1. The number of benzene rings is 1. The van der Waals surface area contributed by atoms with Crippen LogP contribution in [-0.2, 0) is 14.8 Å². The zero-order valence-corrected chi connectivity index (χ0v) is 18.4.